The van der Waals surface area contributed by atoms with Gasteiger partial charge in [0.05, 0.1) is 23.4 Å². The highest BCUT2D eigenvalue weighted by Crippen LogP contribution is 2.31. The Bertz CT molecular complexity index is 661. The van der Waals surface area contributed by atoms with Crippen LogP contribution in [0.1, 0.15) is 21.7 Å². The fourth-order valence-corrected chi connectivity index (χ4v) is 2.48. The molecule has 0 bridgehead atoms. The summed E-state index contributed by atoms with van der Waals surface area (Å²) in [7, 11) is 1.86. The molecule has 0 spiro atoms. The van der Waals surface area contributed by atoms with Gasteiger partial charge >= 0.3 is 0 Å². The number of fused-ring (bicyclic) bond motifs is 1. The van der Waals surface area contributed by atoms with Crippen LogP contribution in [0.2, 0.25) is 0 Å². The number of aromatic nitrogens is 2. The van der Waals surface area contributed by atoms with Crippen molar-refractivity contribution < 1.29 is 9.53 Å². The fourth-order valence-electron chi connectivity index (χ4n) is 2.48. The Balaban J connectivity index is 1.89. The molecule has 0 saturated carbocycles. The van der Waals surface area contributed by atoms with E-state index in [1.165, 1.54) is 0 Å². The number of hydrogen-bond donors (Lipinski definition) is 1. The summed E-state index contributed by atoms with van der Waals surface area (Å²) in [5, 5.41) is 7.51. The molecule has 3 rings (SSSR count). The minimum atomic E-state index is 0.0496. The summed E-state index contributed by atoms with van der Waals surface area (Å²) < 4.78 is 7.39. The summed E-state index contributed by atoms with van der Waals surface area (Å²) in [4.78, 5) is 12.5. The van der Waals surface area contributed by atoms with Gasteiger partial charge in [0, 0.05) is 19.3 Å². The van der Waals surface area contributed by atoms with Crippen molar-refractivity contribution in [2.24, 2.45) is 7.05 Å². The number of carbonyl (C=O) groups excluding carboxylic acids is 1. The van der Waals surface area contributed by atoms with Crippen molar-refractivity contribution in [3.63, 3.8) is 0 Å². The largest absolute Gasteiger partial charge is 0.489 e. The van der Waals surface area contributed by atoms with Gasteiger partial charge in [-0.1, -0.05) is 6.07 Å². The molecule has 0 radical (unpaired) electrons. The number of benzene rings is 1. The third kappa shape index (κ3) is 2.27. The van der Waals surface area contributed by atoms with Gasteiger partial charge in [0.15, 0.2) is 11.5 Å². The van der Waals surface area contributed by atoms with Crippen LogP contribution in [-0.2, 0) is 13.5 Å². The lowest BCUT2D eigenvalue weighted by atomic mass is 10.0. The second-order valence-electron chi connectivity index (χ2n) is 4.96. The second kappa shape index (κ2) is 5.00. The van der Waals surface area contributed by atoms with Gasteiger partial charge in [-0.15, -0.1) is 0 Å². The first-order chi connectivity index (χ1) is 9.65. The third-order valence-corrected chi connectivity index (χ3v) is 3.42. The predicted molar refractivity (Wildman–Crippen MR) is 76.4 cm³/mol. The van der Waals surface area contributed by atoms with Crippen molar-refractivity contribution in [1.29, 1.82) is 0 Å². The number of anilines is 1. The number of carbonyl (C=O) groups is 1. The number of ether oxygens (including phenoxy) is 1. The number of aryl methyl sites for hydroxylation is 2. The van der Waals surface area contributed by atoms with Crippen molar-refractivity contribution in [3.05, 3.63) is 41.2 Å². The summed E-state index contributed by atoms with van der Waals surface area (Å²) in [6, 6.07) is 7.56. The Morgan fingerprint density at radius 3 is 3.10 bits per heavy atom. The molecule has 5 nitrogen and oxygen atoms in total. The number of Topliss-reactive ketones (excluding diaryl/α,β-unsaturated/α-hetero) is 1. The summed E-state index contributed by atoms with van der Waals surface area (Å²) >= 11 is 0. The zero-order valence-electron chi connectivity index (χ0n) is 11.6. The molecule has 2 heterocycles. The normalized spacial score (nSPS) is 13.3. The van der Waals surface area contributed by atoms with E-state index in [1.54, 1.807) is 4.68 Å². The highest BCUT2D eigenvalue weighted by molar-refractivity contribution is 6.01. The second-order valence-corrected chi connectivity index (χ2v) is 4.96. The van der Waals surface area contributed by atoms with E-state index in [0.717, 1.165) is 23.6 Å². The van der Waals surface area contributed by atoms with Gasteiger partial charge in [0.25, 0.3) is 0 Å². The van der Waals surface area contributed by atoms with Crippen LogP contribution >= 0.6 is 0 Å². The molecule has 104 valence electrons. The first-order valence-corrected chi connectivity index (χ1v) is 6.67. The summed E-state index contributed by atoms with van der Waals surface area (Å²) in [5.41, 5.74) is 3.36. The number of para-hydroxylation sites is 1. The lowest BCUT2D eigenvalue weighted by Crippen LogP contribution is -2.20. The topological polar surface area (TPSA) is 56.1 Å². The molecule has 0 atom stereocenters. The third-order valence-electron chi connectivity index (χ3n) is 3.42. The van der Waals surface area contributed by atoms with Gasteiger partial charge in [-0.05, 0) is 25.1 Å². The van der Waals surface area contributed by atoms with Crippen molar-refractivity contribution in [1.82, 2.24) is 9.78 Å². The number of ketones is 1. The maximum absolute atomic E-state index is 12.5. The lowest BCUT2D eigenvalue weighted by Gasteiger charge is -2.21. The molecule has 0 unspecified atom stereocenters. The Hall–Kier alpha value is -2.30. The van der Waals surface area contributed by atoms with Gasteiger partial charge in [0.1, 0.15) is 6.61 Å². The molecular weight excluding hydrogens is 254 g/mol. The molecule has 1 N–H and O–H groups in total. The first kappa shape index (κ1) is 12.7. The van der Waals surface area contributed by atoms with Crippen molar-refractivity contribution in [2.75, 3.05) is 18.5 Å². The first-order valence-electron chi connectivity index (χ1n) is 6.67. The van der Waals surface area contributed by atoms with Gasteiger partial charge in [-0.2, -0.15) is 5.10 Å². The minimum absolute atomic E-state index is 0.0496. The average Bonchev–Trinajstić information content (AvgIpc) is 2.76. The summed E-state index contributed by atoms with van der Waals surface area (Å²) in [6.45, 7) is 3.28. The Morgan fingerprint density at radius 1 is 1.50 bits per heavy atom. The molecule has 20 heavy (non-hydrogen) atoms. The summed E-state index contributed by atoms with van der Waals surface area (Å²) in [6.07, 6.45) is 0.331. The number of nitrogens with zero attached hydrogens (tertiary/aromatic N) is 2. The predicted octanol–water partition coefficient (Wildman–Crippen LogP) is 1.96. The van der Waals surface area contributed by atoms with Gasteiger partial charge in [0.2, 0.25) is 0 Å². The molecule has 0 saturated heterocycles. The van der Waals surface area contributed by atoms with Crippen LogP contribution in [-0.4, -0.2) is 28.7 Å². The van der Waals surface area contributed by atoms with Crippen LogP contribution in [0, 0.1) is 6.92 Å². The highest BCUT2D eigenvalue weighted by atomic mass is 16.5. The van der Waals surface area contributed by atoms with Gasteiger partial charge in [-0.3, -0.25) is 9.48 Å². The molecule has 1 aliphatic rings. The van der Waals surface area contributed by atoms with E-state index in [-0.39, 0.29) is 5.78 Å². The SMILES string of the molecule is Cc1cc(CC(=O)c2cccc3c2OCCN3)n(C)n1. The van der Waals surface area contributed by atoms with Crippen LogP contribution in [0.5, 0.6) is 5.75 Å². The zero-order chi connectivity index (χ0) is 14.1. The quantitative estimate of drug-likeness (QED) is 0.867. The van der Waals surface area contributed by atoms with E-state index in [4.69, 9.17) is 4.74 Å². The van der Waals surface area contributed by atoms with Crippen LogP contribution in [0.25, 0.3) is 0 Å². The van der Waals surface area contributed by atoms with E-state index in [0.29, 0.717) is 24.3 Å². The molecule has 0 fully saturated rings. The van der Waals surface area contributed by atoms with Gasteiger partial charge < -0.3 is 10.1 Å². The number of nitrogens with one attached hydrogen (secondary N) is 1. The van der Waals surface area contributed by atoms with Crippen molar-refractivity contribution in [3.8, 4) is 5.75 Å². The molecule has 1 aliphatic heterocycles. The van der Waals surface area contributed by atoms with Crippen LogP contribution in [0.4, 0.5) is 5.69 Å². The maximum atomic E-state index is 12.5. The van der Waals surface area contributed by atoms with Crippen molar-refractivity contribution >= 4 is 11.5 Å². The highest BCUT2D eigenvalue weighted by Gasteiger charge is 2.20. The van der Waals surface area contributed by atoms with E-state index in [9.17, 15) is 4.79 Å². The molecule has 0 aliphatic carbocycles. The van der Waals surface area contributed by atoms with Crippen LogP contribution in [0.3, 0.4) is 0 Å². The average molecular weight is 271 g/mol. The Kier molecular flexibility index (Phi) is 3.18. The molecule has 0 amide bonds. The van der Waals surface area contributed by atoms with Crippen LogP contribution in [0.15, 0.2) is 24.3 Å². The van der Waals surface area contributed by atoms with E-state index < -0.39 is 0 Å². The Morgan fingerprint density at radius 2 is 2.35 bits per heavy atom. The molecule has 1 aromatic heterocycles. The van der Waals surface area contributed by atoms with E-state index in [2.05, 4.69) is 10.4 Å². The minimum Gasteiger partial charge on any atom is -0.489 e. The molecule has 5 heteroatoms. The number of hydrogen-bond acceptors (Lipinski definition) is 4. The molecular formula is C15H17N3O2. The van der Waals surface area contributed by atoms with E-state index >= 15 is 0 Å². The van der Waals surface area contributed by atoms with Gasteiger partial charge in [-0.25, -0.2) is 0 Å². The molecule has 1 aromatic carbocycles. The lowest BCUT2D eigenvalue weighted by molar-refractivity contribution is 0.0986. The van der Waals surface area contributed by atoms with E-state index in [1.807, 2.05) is 38.2 Å². The Labute approximate surface area is 117 Å². The summed E-state index contributed by atoms with van der Waals surface area (Å²) in [5.74, 6) is 0.719. The number of rotatable bonds is 3. The molecule has 2 aromatic rings. The smallest absolute Gasteiger partial charge is 0.172 e. The van der Waals surface area contributed by atoms with Crippen molar-refractivity contribution in [2.45, 2.75) is 13.3 Å². The maximum Gasteiger partial charge on any atom is 0.172 e. The fraction of sp³-hybridized carbons (Fsp3) is 0.333. The zero-order valence-corrected chi connectivity index (χ0v) is 11.6. The monoisotopic (exact) mass is 271 g/mol. The van der Waals surface area contributed by atoms with Crippen LogP contribution < -0.4 is 10.1 Å². The standard InChI is InChI=1S/C15H17N3O2/c1-10-8-11(18(2)17-10)9-14(19)12-4-3-5-13-15(12)20-7-6-16-13/h3-5,8,16H,6-7,9H2,1-2H3.